The Balaban J connectivity index is 1.77. The molecule has 28 heavy (non-hydrogen) atoms. The summed E-state index contributed by atoms with van der Waals surface area (Å²) in [5, 5.41) is 18.2. The highest BCUT2D eigenvalue weighted by molar-refractivity contribution is 5.99. The van der Waals surface area contributed by atoms with Crippen LogP contribution in [-0.2, 0) is 0 Å². The molecule has 3 N–H and O–H groups in total. The molecule has 0 aromatic carbocycles. The minimum absolute atomic E-state index is 0.147. The Bertz CT molecular complexity index is 839. The molecular formula is C20H25N7O. The van der Waals surface area contributed by atoms with Gasteiger partial charge in [-0.2, -0.15) is 5.26 Å². The van der Waals surface area contributed by atoms with Crippen molar-refractivity contribution >= 4 is 23.2 Å². The fraction of sp³-hybridized carbons (Fsp3) is 0.450. The van der Waals surface area contributed by atoms with Crippen LogP contribution in [0.5, 0.6) is 0 Å². The van der Waals surface area contributed by atoms with E-state index in [0.29, 0.717) is 29.7 Å². The zero-order valence-electron chi connectivity index (χ0n) is 16.0. The second-order valence-corrected chi connectivity index (χ2v) is 6.88. The van der Waals surface area contributed by atoms with Crippen molar-refractivity contribution < 1.29 is 4.79 Å². The predicted octanol–water partition coefficient (Wildman–Crippen LogP) is 3.23. The fourth-order valence-corrected chi connectivity index (χ4v) is 3.33. The van der Waals surface area contributed by atoms with Crippen molar-refractivity contribution in [2.75, 3.05) is 23.7 Å². The second-order valence-electron chi connectivity index (χ2n) is 6.88. The van der Waals surface area contributed by atoms with Crippen LogP contribution in [0.3, 0.4) is 0 Å². The van der Waals surface area contributed by atoms with E-state index in [4.69, 9.17) is 5.26 Å². The molecule has 2 aromatic rings. The molecule has 1 saturated carbocycles. The van der Waals surface area contributed by atoms with Gasteiger partial charge in [-0.3, -0.25) is 4.79 Å². The number of hydrogen-bond acceptors (Lipinski definition) is 7. The molecule has 0 bridgehead atoms. The summed E-state index contributed by atoms with van der Waals surface area (Å²) < 4.78 is 0. The average Bonchev–Trinajstić information content (AvgIpc) is 2.74. The smallest absolute Gasteiger partial charge is 0.254 e. The zero-order valence-corrected chi connectivity index (χ0v) is 16.0. The molecule has 0 unspecified atom stereocenters. The summed E-state index contributed by atoms with van der Waals surface area (Å²) >= 11 is 0. The molecular weight excluding hydrogens is 354 g/mol. The molecule has 0 spiro atoms. The first-order valence-electron chi connectivity index (χ1n) is 9.71. The molecule has 0 atom stereocenters. The van der Waals surface area contributed by atoms with Gasteiger partial charge in [0, 0.05) is 25.4 Å². The highest BCUT2D eigenvalue weighted by Crippen LogP contribution is 2.26. The average molecular weight is 379 g/mol. The van der Waals surface area contributed by atoms with E-state index >= 15 is 0 Å². The number of amides is 1. The van der Waals surface area contributed by atoms with Gasteiger partial charge in [0.2, 0.25) is 0 Å². The molecule has 8 nitrogen and oxygen atoms in total. The lowest BCUT2D eigenvalue weighted by molar-refractivity contribution is 0.0956. The Hall–Kier alpha value is -3.21. The minimum Gasteiger partial charge on any atom is -0.384 e. The molecule has 3 rings (SSSR count). The maximum atomic E-state index is 12.4. The first-order chi connectivity index (χ1) is 13.7. The highest BCUT2D eigenvalue weighted by atomic mass is 16.1. The summed E-state index contributed by atoms with van der Waals surface area (Å²) in [6.45, 7) is 3.29. The lowest BCUT2D eigenvalue weighted by atomic mass is 9.89. The molecule has 0 aliphatic heterocycles. The molecule has 1 aliphatic rings. The van der Waals surface area contributed by atoms with Crippen LogP contribution in [0.15, 0.2) is 24.7 Å². The van der Waals surface area contributed by atoms with Crippen molar-refractivity contribution in [3.63, 3.8) is 0 Å². The van der Waals surface area contributed by atoms with Crippen molar-refractivity contribution in [3.8, 4) is 6.07 Å². The van der Waals surface area contributed by atoms with Gasteiger partial charge in [0.25, 0.3) is 5.91 Å². The number of nitriles is 1. The summed E-state index contributed by atoms with van der Waals surface area (Å²) in [7, 11) is 0. The normalized spacial score (nSPS) is 14.1. The summed E-state index contributed by atoms with van der Waals surface area (Å²) in [5.74, 6) is 1.52. The Morgan fingerprint density at radius 2 is 1.93 bits per heavy atom. The third kappa shape index (κ3) is 5.16. The van der Waals surface area contributed by atoms with Gasteiger partial charge in [-0.25, -0.2) is 15.0 Å². The molecule has 0 saturated heterocycles. The van der Waals surface area contributed by atoms with Crippen LogP contribution in [0.1, 0.15) is 55.1 Å². The van der Waals surface area contributed by atoms with Crippen molar-refractivity contribution in [2.45, 2.75) is 39.0 Å². The third-order valence-electron chi connectivity index (χ3n) is 4.81. The van der Waals surface area contributed by atoms with Gasteiger partial charge >= 0.3 is 0 Å². The van der Waals surface area contributed by atoms with Gasteiger partial charge in [0.05, 0.1) is 23.6 Å². The van der Waals surface area contributed by atoms with Gasteiger partial charge < -0.3 is 16.0 Å². The van der Waals surface area contributed by atoms with Crippen LogP contribution in [0.4, 0.5) is 17.3 Å². The summed E-state index contributed by atoms with van der Waals surface area (Å²) in [6, 6.07) is 3.75. The molecule has 8 heteroatoms. The van der Waals surface area contributed by atoms with Gasteiger partial charge in [-0.15, -0.1) is 0 Å². The first kappa shape index (κ1) is 19.5. The minimum atomic E-state index is -0.147. The van der Waals surface area contributed by atoms with Crippen LogP contribution >= 0.6 is 0 Å². The quantitative estimate of drug-likeness (QED) is 0.676. The molecule has 2 heterocycles. The second kappa shape index (κ2) is 9.65. The van der Waals surface area contributed by atoms with Gasteiger partial charge in [0.15, 0.2) is 5.69 Å². The van der Waals surface area contributed by atoms with Crippen LogP contribution in [-0.4, -0.2) is 33.9 Å². The number of pyridine rings is 1. The van der Waals surface area contributed by atoms with Crippen LogP contribution in [0.25, 0.3) is 0 Å². The number of nitrogens with one attached hydrogen (secondary N) is 3. The Labute approximate surface area is 164 Å². The lowest BCUT2D eigenvalue weighted by Crippen LogP contribution is -2.25. The predicted molar refractivity (Wildman–Crippen MR) is 107 cm³/mol. The Morgan fingerprint density at radius 3 is 2.61 bits per heavy atom. The monoisotopic (exact) mass is 379 g/mol. The fourth-order valence-electron chi connectivity index (χ4n) is 3.33. The Morgan fingerprint density at radius 1 is 1.14 bits per heavy atom. The SMILES string of the molecule is CCNC(=O)c1cnc(Nc2cnc(C#N)cn2)cc1NCC1CCCCC1. The largest absolute Gasteiger partial charge is 0.384 e. The van der Waals surface area contributed by atoms with E-state index in [-0.39, 0.29) is 11.6 Å². The molecule has 1 fully saturated rings. The topological polar surface area (TPSA) is 116 Å². The number of rotatable bonds is 7. The number of aromatic nitrogens is 3. The summed E-state index contributed by atoms with van der Waals surface area (Å²) in [5.41, 5.74) is 1.52. The van der Waals surface area contributed by atoms with E-state index in [0.717, 1.165) is 12.2 Å². The van der Waals surface area contributed by atoms with Gasteiger partial charge in [-0.1, -0.05) is 19.3 Å². The number of anilines is 3. The van der Waals surface area contributed by atoms with Crippen LogP contribution in [0, 0.1) is 17.2 Å². The van der Waals surface area contributed by atoms with E-state index in [1.165, 1.54) is 44.5 Å². The van der Waals surface area contributed by atoms with Crippen LogP contribution in [0.2, 0.25) is 0 Å². The zero-order chi connectivity index (χ0) is 19.8. The number of nitrogens with zero attached hydrogens (tertiary/aromatic N) is 4. The first-order valence-corrected chi connectivity index (χ1v) is 9.71. The molecule has 1 aliphatic carbocycles. The van der Waals surface area contributed by atoms with E-state index in [1.807, 2.05) is 19.1 Å². The molecule has 146 valence electrons. The van der Waals surface area contributed by atoms with E-state index in [1.54, 1.807) is 6.20 Å². The van der Waals surface area contributed by atoms with Gasteiger partial charge in [0.1, 0.15) is 17.7 Å². The van der Waals surface area contributed by atoms with E-state index in [2.05, 4.69) is 30.9 Å². The van der Waals surface area contributed by atoms with Gasteiger partial charge in [-0.05, 0) is 25.7 Å². The van der Waals surface area contributed by atoms with E-state index < -0.39 is 0 Å². The van der Waals surface area contributed by atoms with Crippen molar-refractivity contribution in [1.82, 2.24) is 20.3 Å². The van der Waals surface area contributed by atoms with Crippen molar-refractivity contribution in [2.24, 2.45) is 5.92 Å². The van der Waals surface area contributed by atoms with E-state index in [9.17, 15) is 4.79 Å². The van der Waals surface area contributed by atoms with Crippen molar-refractivity contribution in [3.05, 3.63) is 35.9 Å². The number of carbonyl (C=O) groups excluding carboxylic acids is 1. The maximum Gasteiger partial charge on any atom is 0.254 e. The molecule has 0 radical (unpaired) electrons. The van der Waals surface area contributed by atoms with Crippen LogP contribution < -0.4 is 16.0 Å². The third-order valence-corrected chi connectivity index (χ3v) is 4.81. The molecule has 1 amide bonds. The Kier molecular flexibility index (Phi) is 6.73. The summed E-state index contributed by atoms with van der Waals surface area (Å²) in [4.78, 5) is 24.9. The lowest BCUT2D eigenvalue weighted by Gasteiger charge is -2.23. The molecule has 2 aromatic heterocycles. The van der Waals surface area contributed by atoms with Crippen molar-refractivity contribution in [1.29, 1.82) is 5.26 Å². The number of hydrogen-bond donors (Lipinski definition) is 3. The maximum absolute atomic E-state index is 12.4. The highest BCUT2D eigenvalue weighted by Gasteiger charge is 2.17. The standard InChI is InChI=1S/C20H25N7O/c1-2-22-20(28)16-12-26-18(27-19-13-23-15(9-21)11-25-19)8-17(16)24-10-14-6-4-3-5-7-14/h8,11-14H,2-7,10H2,1H3,(H,22,28)(H2,24,25,26,27). The summed E-state index contributed by atoms with van der Waals surface area (Å²) in [6.07, 6.45) is 10.7. The number of carbonyl (C=O) groups is 1.